The number of benzene rings is 2. The SMILES string of the molecule is Cc1cc(OC(C)C)ccc1C(C)c1ccc(O/C=C/C(Cl)Cl)c(Cl)c1. The first-order valence-corrected chi connectivity index (χ1v) is 9.71. The second-order valence-corrected chi connectivity index (χ2v) is 7.95. The first-order chi connectivity index (χ1) is 12.3. The molecule has 26 heavy (non-hydrogen) atoms. The van der Waals surface area contributed by atoms with Gasteiger partial charge < -0.3 is 9.47 Å². The Labute approximate surface area is 170 Å². The van der Waals surface area contributed by atoms with Crippen molar-refractivity contribution in [2.75, 3.05) is 0 Å². The molecule has 0 amide bonds. The summed E-state index contributed by atoms with van der Waals surface area (Å²) in [5.41, 5.74) is 3.53. The molecule has 0 N–H and O–H groups in total. The summed E-state index contributed by atoms with van der Waals surface area (Å²) in [6.07, 6.45) is 3.12. The van der Waals surface area contributed by atoms with Crippen molar-refractivity contribution in [3.63, 3.8) is 0 Å². The van der Waals surface area contributed by atoms with Gasteiger partial charge in [-0.3, -0.25) is 0 Å². The highest BCUT2D eigenvalue weighted by Crippen LogP contribution is 2.34. The third kappa shape index (κ3) is 5.84. The maximum Gasteiger partial charge on any atom is 0.145 e. The van der Waals surface area contributed by atoms with Gasteiger partial charge in [0.2, 0.25) is 0 Å². The Kier molecular flexibility index (Phi) is 7.69. The molecule has 2 nitrogen and oxygen atoms in total. The van der Waals surface area contributed by atoms with Crippen molar-refractivity contribution in [2.45, 2.75) is 44.6 Å². The largest absolute Gasteiger partial charge is 0.491 e. The van der Waals surface area contributed by atoms with Gasteiger partial charge in [-0.2, -0.15) is 0 Å². The quantitative estimate of drug-likeness (QED) is 0.350. The number of allylic oxidation sites excluding steroid dienone is 1. The number of hydrogen-bond acceptors (Lipinski definition) is 2. The van der Waals surface area contributed by atoms with Crippen molar-refractivity contribution in [3.8, 4) is 11.5 Å². The number of ether oxygens (including phenoxy) is 2. The van der Waals surface area contributed by atoms with Crippen LogP contribution in [-0.4, -0.2) is 10.9 Å². The number of hydrogen-bond donors (Lipinski definition) is 0. The fourth-order valence-corrected chi connectivity index (χ4v) is 3.07. The monoisotopic (exact) mass is 412 g/mol. The van der Waals surface area contributed by atoms with Crippen LogP contribution in [0.1, 0.15) is 43.4 Å². The lowest BCUT2D eigenvalue weighted by atomic mass is 9.90. The second-order valence-electron chi connectivity index (χ2n) is 6.38. The molecular formula is C21H23Cl3O2. The molecule has 0 aromatic heterocycles. The fourth-order valence-electron chi connectivity index (χ4n) is 2.71. The van der Waals surface area contributed by atoms with E-state index in [1.165, 1.54) is 23.5 Å². The lowest BCUT2D eigenvalue weighted by Crippen LogP contribution is -2.06. The Balaban J connectivity index is 2.19. The molecule has 0 spiro atoms. The van der Waals surface area contributed by atoms with Gasteiger partial charge in [0, 0.05) is 5.92 Å². The molecule has 0 bridgehead atoms. The number of alkyl halides is 2. The minimum absolute atomic E-state index is 0.158. The van der Waals surface area contributed by atoms with Gasteiger partial charge in [-0.15, -0.1) is 23.2 Å². The van der Waals surface area contributed by atoms with Crippen LogP contribution in [-0.2, 0) is 0 Å². The van der Waals surface area contributed by atoms with Crippen LogP contribution in [0.2, 0.25) is 5.02 Å². The van der Waals surface area contributed by atoms with Crippen molar-refractivity contribution in [1.29, 1.82) is 0 Å². The zero-order valence-corrected chi connectivity index (χ0v) is 17.6. The molecule has 2 rings (SSSR count). The molecular weight excluding hydrogens is 391 g/mol. The van der Waals surface area contributed by atoms with E-state index >= 15 is 0 Å². The molecule has 0 heterocycles. The molecule has 0 saturated carbocycles. The van der Waals surface area contributed by atoms with E-state index < -0.39 is 4.84 Å². The molecule has 0 radical (unpaired) electrons. The number of aryl methyl sites for hydroxylation is 1. The molecule has 1 atom stereocenters. The first kappa shape index (κ1) is 21.0. The molecule has 0 saturated heterocycles. The van der Waals surface area contributed by atoms with E-state index in [9.17, 15) is 0 Å². The first-order valence-electron chi connectivity index (χ1n) is 8.46. The summed E-state index contributed by atoms with van der Waals surface area (Å²) in [4.78, 5) is -0.612. The molecule has 2 aromatic rings. The standard InChI is InChI=1S/C21H23Cl3O2/c1-13(2)26-17-6-7-18(14(3)11-17)15(4)16-5-8-20(19(22)12-16)25-10-9-21(23)24/h5-13,15,21H,1-4H3/b10-9+. The lowest BCUT2D eigenvalue weighted by molar-refractivity contribution is 0.242. The molecule has 0 aliphatic carbocycles. The van der Waals surface area contributed by atoms with E-state index in [-0.39, 0.29) is 12.0 Å². The summed E-state index contributed by atoms with van der Waals surface area (Å²) in [6.45, 7) is 8.29. The van der Waals surface area contributed by atoms with Crippen LogP contribution in [0.15, 0.2) is 48.7 Å². The molecule has 140 valence electrons. The zero-order chi connectivity index (χ0) is 19.3. The fraction of sp³-hybridized carbons (Fsp3) is 0.333. The Morgan fingerprint density at radius 1 is 1.00 bits per heavy atom. The van der Waals surface area contributed by atoms with Crippen molar-refractivity contribution in [3.05, 3.63) is 70.4 Å². The van der Waals surface area contributed by atoms with Crippen molar-refractivity contribution >= 4 is 34.8 Å². The average Bonchev–Trinajstić information content (AvgIpc) is 2.55. The van der Waals surface area contributed by atoms with Crippen molar-refractivity contribution in [2.24, 2.45) is 0 Å². The summed E-state index contributed by atoms with van der Waals surface area (Å²) < 4.78 is 11.2. The summed E-state index contributed by atoms with van der Waals surface area (Å²) in [5.74, 6) is 1.64. The van der Waals surface area contributed by atoms with Gasteiger partial charge in [-0.25, -0.2) is 0 Å². The smallest absolute Gasteiger partial charge is 0.145 e. The predicted molar refractivity (Wildman–Crippen MR) is 111 cm³/mol. The van der Waals surface area contributed by atoms with Gasteiger partial charge in [0.25, 0.3) is 0 Å². The Morgan fingerprint density at radius 3 is 2.31 bits per heavy atom. The number of rotatable bonds is 7. The minimum atomic E-state index is -0.612. The van der Waals surface area contributed by atoms with Gasteiger partial charge in [0.05, 0.1) is 17.4 Å². The van der Waals surface area contributed by atoms with E-state index in [0.29, 0.717) is 10.8 Å². The van der Waals surface area contributed by atoms with E-state index in [0.717, 1.165) is 11.3 Å². The van der Waals surface area contributed by atoms with Crippen LogP contribution in [0.5, 0.6) is 11.5 Å². The van der Waals surface area contributed by atoms with Gasteiger partial charge in [-0.05, 0) is 67.8 Å². The van der Waals surface area contributed by atoms with Crippen molar-refractivity contribution in [1.82, 2.24) is 0 Å². The van der Waals surface area contributed by atoms with Gasteiger partial charge >= 0.3 is 0 Å². The lowest BCUT2D eigenvalue weighted by Gasteiger charge is -2.18. The molecule has 1 unspecified atom stereocenters. The third-order valence-electron chi connectivity index (χ3n) is 3.95. The summed E-state index contributed by atoms with van der Waals surface area (Å²) >= 11 is 17.6. The Hall–Kier alpha value is -1.35. The number of halogens is 3. The maximum atomic E-state index is 6.35. The van der Waals surface area contributed by atoms with E-state index in [1.54, 1.807) is 0 Å². The Bertz CT molecular complexity index is 770. The Morgan fingerprint density at radius 2 is 1.73 bits per heavy atom. The molecule has 2 aromatic carbocycles. The van der Waals surface area contributed by atoms with Gasteiger partial charge in [-0.1, -0.05) is 30.7 Å². The highest BCUT2D eigenvalue weighted by Gasteiger charge is 2.14. The van der Waals surface area contributed by atoms with E-state index in [4.69, 9.17) is 44.3 Å². The molecule has 0 fully saturated rings. The van der Waals surface area contributed by atoms with Gasteiger partial charge in [0.1, 0.15) is 16.3 Å². The average molecular weight is 414 g/mol. The van der Waals surface area contributed by atoms with Crippen molar-refractivity contribution < 1.29 is 9.47 Å². The summed E-state index contributed by atoms with van der Waals surface area (Å²) in [5, 5.41) is 0.539. The minimum Gasteiger partial charge on any atom is -0.491 e. The zero-order valence-electron chi connectivity index (χ0n) is 15.3. The van der Waals surface area contributed by atoms with Crippen LogP contribution in [0, 0.1) is 6.92 Å². The molecule has 5 heteroatoms. The second kappa shape index (κ2) is 9.55. The molecule has 0 aliphatic heterocycles. The predicted octanol–water partition coefficient (Wildman–Crippen LogP) is 7.28. The van der Waals surface area contributed by atoms with E-state index in [1.807, 2.05) is 38.1 Å². The topological polar surface area (TPSA) is 18.5 Å². The third-order valence-corrected chi connectivity index (χ3v) is 4.54. The van der Waals surface area contributed by atoms with Crippen LogP contribution >= 0.6 is 34.8 Å². The molecule has 0 aliphatic rings. The van der Waals surface area contributed by atoms with Crippen LogP contribution in [0.25, 0.3) is 0 Å². The van der Waals surface area contributed by atoms with E-state index in [2.05, 4.69) is 26.0 Å². The maximum absolute atomic E-state index is 6.35. The van der Waals surface area contributed by atoms with Crippen LogP contribution in [0.4, 0.5) is 0 Å². The highest BCUT2D eigenvalue weighted by molar-refractivity contribution is 6.45. The highest BCUT2D eigenvalue weighted by atomic mass is 35.5. The van der Waals surface area contributed by atoms with Crippen LogP contribution < -0.4 is 9.47 Å². The normalized spacial score (nSPS) is 12.8. The van der Waals surface area contributed by atoms with Gasteiger partial charge in [0.15, 0.2) is 0 Å². The summed E-state index contributed by atoms with van der Waals surface area (Å²) in [7, 11) is 0. The summed E-state index contributed by atoms with van der Waals surface area (Å²) in [6, 6.07) is 12.0. The van der Waals surface area contributed by atoms with Crippen LogP contribution in [0.3, 0.4) is 0 Å².